The molecular weight excluding hydrogens is 280 g/mol. The fourth-order valence-corrected chi connectivity index (χ4v) is 3.90. The molecule has 0 aliphatic carbocycles. The normalized spacial score (nSPS) is 18.3. The number of ether oxygens (including phenoxy) is 1. The molecule has 0 saturated carbocycles. The Bertz CT molecular complexity index is 612. The van der Waals surface area contributed by atoms with Gasteiger partial charge in [0.2, 0.25) is 0 Å². The van der Waals surface area contributed by atoms with Crippen LogP contribution in [-0.2, 0) is 0 Å². The number of thioether (sulfide) groups is 1. The molecule has 0 spiro atoms. The Kier molecular flexibility index (Phi) is 4.51. The van der Waals surface area contributed by atoms with Gasteiger partial charge in [-0.05, 0) is 24.1 Å². The summed E-state index contributed by atoms with van der Waals surface area (Å²) in [6.45, 7) is 2.64. The minimum absolute atomic E-state index is 0.429. The van der Waals surface area contributed by atoms with Gasteiger partial charge in [0, 0.05) is 22.1 Å². The van der Waals surface area contributed by atoms with E-state index in [1.54, 1.807) is 0 Å². The van der Waals surface area contributed by atoms with E-state index >= 15 is 0 Å². The van der Waals surface area contributed by atoms with E-state index < -0.39 is 6.10 Å². The summed E-state index contributed by atoms with van der Waals surface area (Å²) in [4.78, 5) is 1.37. The highest BCUT2D eigenvalue weighted by atomic mass is 32.2. The molecule has 0 radical (unpaired) electrons. The van der Waals surface area contributed by atoms with Crippen LogP contribution in [0.15, 0.2) is 53.4 Å². The van der Waals surface area contributed by atoms with Gasteiger partial charge in [0.15, 0.2) is 0 Å². The summed E-state index contributed by atoms with van der Waals surface area (Å²) in [7, 11) is 0. The van der Waals surface area contributed by atoms with Gasteiger partial charge < -0.3 is 9.84 Å². The van der Waals surface area contributed by atoms with Gasteiger partial charge in [-0.25, -0.2) is 0 Å². The number of fused-ring (bicyclic) bond motifs is 1. The van der Waals surface area contributed by atoms with Crippen LogP contribution in [0.1, 0.15) is 36.5 Å². The lowest BCUT2D eigenvalue weighted by atomic mass is 10.0. The van der Waals surface area contributed by atoms with E-state index in [0.29, 0.717) is 18.9 Å². The Labute approximate surface area is 130 Å². The fraction of sp³-hybridized carbons (Fsp3) is 0.333. The van der Waals surface area contributed by atoms with Crippen molar-refractivity contribution >= 4 is 11.8 Å². The average molecular weight is 300 g/mol. The predicted molar refractivity (Wildman–Crippen MR) is 87.1 cm³/mol. The monoisotopic (exact) mass is 300 g/mol. The van der Waals surface area contributed by atoms with Crippen molar-refractivity contribution in [3.8, 4) is 5.75 Å². The molecule has 0 amide bonds. The highest BCUT2D eigenvalue weighted by molar-refractivity contribution is 7.99. The summed E-state index contributed by atoms with van der Waals surface area (Å²) < 4.78 is 6.03. The molecule has 3 heteroatoms. The third kappa shape index (κ3) is 3.09. The zero-order valence-electron chi connectivity index (χ0n) is 12.2. The van der Waals surface area contributed by atoms with Crippen molar-refractivity contribution in [3.05, 3.63) is 59.7 Å². The second-order valence-electron chi connectivity index (χ2n) is 5.32. The molecule has 1 N–H and O–H groups in total. The molecule has 3 rings (SSSR count). The van der Waals surface area contributed by atoms with Gasteiger partial charge in [0.1, 0.15) is 5.75 Å². The molecule has 2 atom stereocenters. The van der Waals surface area contributed by atoms with Gasteiger partial charge in [-0.3, -0.25) is 0 Å². The molecule has 1 aliphatic rings. The van der Waals surface area contributed by atoms with Crippen LogP contribution in [-0.4, -0.2) is 17.5 Å². The Balaban J connectivity index is 1.72. The molecule has 2 aromatic rings. The van der Waals surface area contributed by atoms with E-state index in [2.05, 4.69) is 24.3 Å². The van der Waals surface area contributed by atoms with E-state index in [1.165, 1.54) is 10.5 Å². The Hall–Kier alpha value is -1.45. The first-order chi connectivity index (χ1) is 10.3. The molecule has 0 fully saturated rings. The van der Waals surface area contributed by atoms with Crippen LogP contribution in [0, 0.1) is 0 Å². The van der Waals surface area contributed by atoms with Crippen molar-refractivity contribution in [1.29, 1.82) is 0 Å². The number of rotatable bonds is 5. The molecule has 2 aromatic carbocycles. The Morgan fingerprint density at radius 1 is 1.19 bits per heavy atom. The molecule has 2 nitrogen and oxygen atoms in total. The van der Waals surface area contributed by atoms with E-state index in [0.717, 1.165) is 17.1 Å². The molecule has 0 saturated heterocycles. The van der Waals surface area contributed by atoms with Gasteiger partial charge in [-0.2, -0.15) is 0 Å². The second-order valence-corrected chi connectivity index (χ2v) is 6.38. The quantitative estimate of drug-likeness (QED) is 0.887. The lowest BCUT2D eigenvalue weighted by Gasteiger charge is -2.17. The van der Waals surface area contributed by atoms with Crippen LogP contribution in [0.25, 0.3) is 0 Å². The first-order valence-corrected chi connectivity index (χ1v) is 8.39. The van der Waals surface area contributed by atoms with Crippen LogP contribution < -0.4 is 4.74 Å². The summed E-state index contributed by atoms with van der Waals surface area (Å²) in [5.74, 6) is 2.30. The summed E-state index contributed by atoms with van der Waals surface area (Å²) in [5.41, 5.74) is 2.27. The van der Waals surface area contributed by atoms with Gasteiger partial charge in [0.25, 0.3) is 0 Å². The zero-order chi connectivity index (χ0) is 14.7. The smallest absolute Gasteiger partial charge is 0.125 e. The number of aliphatic hydroxyl groups is 1. The minimum atomic E-state index is -0.452. The molecule has 21 heavy (non-hydrogen) atoms. The topological polar surface area (TPSA) is 29.5 Å². The van der Waals surface area contributed by atoms with Gasteiger partial charge in [-0.1, -0.05) is 43.3 Å². The summed E-state index contributed by atoms with van der Waals surface area (Å²) in [5, 5.41) is 10.1. The van der Waals surface area contributed by atoms with Crippen molar-refractivity contribution in [3.63, 3.8) is 0 Å². The summed E-state index contributed by atoms with van der Waals surface area (Å²) >= 11 is 1.90. The number of hydrogen-bond acceptors (Lipinski definition) is 3. The summed E-state index contributed by atoms with van der Waals surface area (Å²) in [6.07, 6.45) is 0.245. The number of hydrogen-bond donors (Lipinski definition) is 1. The van der Waals surface area contributed by atoms with Gasteiger partial charge in [0.05, 0.1) is 12.7 Å². The van der Waals surface area contributed by atoms with Crippen molar-refractivity contribution in [2.75, 3.05) is 12.4 Å². The van der Waals surface area contributed by atoms with Crippen molar-refractivity contribution in [2.24, 2.45) is 0 Å². The summed E-state index contributed by atoms with van der Waals surface area (Å²) in [6, 6.07) is 16.3. The molecule has 1 aliphatic heterocycles. The maximum absolute atomic E-state index is 10.1. The minimum Gasteiger partial charge on any atom is -0.493 e. The van der Waals surface area contributed by atoms with Crippen LogP contribution in [0.4, 0.5) is 0 Å². The molecule has 0 aromatic heterocycles. The predicted octanol–water partition coefficient (Wildman–Crippen LogP) is 4.40. The SMILES string of the molecule is CCC(O)c1ccccc1OCC1CSc2ccccc21. The van der Waals surface area contributed by atoms with Crippen LogP contribution in [0.5, 0.6) is 5.75 Å². The Morgan fingerprint density at radius 3 is 2.81 bits per heavy atom. The van der Waals surface area contributed by atoms with Crippen molar-refractivity contribution in [1.82, 2.24) is 0 Å². The zero-order valence-corrected chi connectivity index (χ0v) is 13.0. The third-order valence-electron chi connectivity index (χ3n) is 3.90. The molecular formula is C18H20O2S. The highest BCUT2D eigenvalue weighted by Crippen LogP contribution is 2.39. The Morgan fingerprint density at radius 2 is 1.95 bits per heavy atom. The number of benzene rings is 2. The third-order valence-corrected chi connectivity index (χ3v) is 5.16. The van der Waals surface area contributed by atoms with E-state index in [4.69, 9.17) is 4.74 Å². The first kappa shape index (κ1) is 14.5. The van der Waals surface area contributed by atoms with E-state index in [-0.39, 0.29) is 0 Å². The molecule has 2 unspecified atom stereocenters. The van der Waals surface area contributed by atoms with Crippen LogP contribution in [0.2, 0.25) is 0 Å². The molecule has 1 heterocycles. The molecule has 0 bridgehead atoms. The number of para-hydroxylation sites is 1. The fourth-order valence-electron chi connectivity index (χ4n) is 2.66. The lowest BCUT2D eigenvalue weighted by molar-refractivity contribution is 0.166. The largest absolute Gasteiger partial charge is 0.493 e. The van der Waals surface area contributed by atoms with Gasteiger partial charge >= 0.3 is 0 Å². The van der Waals surface area contributed by atoms with E-state index in [1.807, 2.05) is 43.0 Å². The molecule has 110 valence electrons. The number of aliphatic hydroxyl groups excluding tert-OH is 1. The van der Waals surface area contributed by atoms with E-state index in [9.17, 15) is 5.11 Å². The van der Waals surface area contributed by atoms with Crippen molar-refractivity contribution in [2.45, 2.75) is 30.3 Å². The van der Waals surface area contributed by atoms with Gasteiger partial charge in [-0.15, -0.1) is 11.8 Å². The van der Waals surface area contributed by atoms with Crippen LogP contribution in [0.3, 0.4) is 0 Å². The lowest BCUT2D eigenvalue weighted by Crippen LogP contribution is -2.11. The average Bonchev–Trinajstić information content (AvgIpc) is 2.96. The first-order valence-electron chi connectivity index (χ1n) is 7.41. The standard InChI is InChI=1S/C18H20O2S/c1-2-16(19)15-8-3-5-9-17(15)20-11-13-12-21-18-10-6-4-7-14(13)18/h3-10,13,16,19H,2,11-12H2,1H3. The maximum atomic E-state index is 10.1. The van der Waals surface area contributed by atoms with Crippen molar-refractivity contribution < 1.29 is 9.84 Å². The highest BCUT2D eigenvalue weighted by Gasteiger charge is 2.23. The van der Waals surface area contributed by atoms with Crippen LogP contribution >= 0.6 is 11.8 Å². The maximum Gasteiger partial charge on any atom is 0.125 e. The second kappa shape index (κ2) is 6.54.